The van der Waals surface area contributed by atoms with Crippen molar-refractivity contribution in [3.63, 3.8) is 0 Å². The fourth-order valence-corrected chi connectivity index (χ4v) is 2.63. The fraction of sp³-hybridized carbons (Fsp3) is 0.562. The van der Waals surface area contributed by atoms with Crippen molar-refractivity contribution < 1.29 is 0 Å². The van der Waals surface area contributed by atoms with Crippen molar-refractivity contribution in [3.05, 3.63) is 42.3 Å². The third-order valence-electron chi connectivity index (χ3n) is 4.04. The van der Waals surface area contributed by atoms with Crippen LogP contribution in [0.1, 0.15) is 44.1 Å². The van der Waals surface area contributed by atoms with Crippen molar-refractivity contribution in [2.75, 3.05) is 0 Å². The lowest BCUT2D eigenvalue weighted by Crippen LogP contribution is -2.05. The quantitative estimate of drug-likeness (QED) is 0.654. The van der Waals surface area contributed by atoms with Crippen LogP contribution in [0, 0.1) is 24.2 Å². The molecule has 2 saturated carbocycles. The average molecular weight is 213 g/mol. The summed E-state index contributed by atoms with van der Waals surface area (Å²) < 4.78 is 0. The second-order valence-corrected chi connectivity index (χ2v) is 5.60. The van der Waals surface area contributed by atoms with Crippen LogP contribution in [0.25, 0.3) is 0 Å². The van der Waals surface area contributed by atoms with Crippen LogP contribution < -0.4 is 0 Å². The summed E-state index contributed by atoms with van der Waals surface area (Å²) in [5, 5.41) is 0. The molecule has 0 N–H and O–H groups in total. The van der Waals surface area contributed by atoms with Gasteiger partial charge in [-0.15, -0.1) is 0 Å². The molecule has 0 saturated heterocycles. The maximum Gasteiger partial charge on any atom is -0.00593 e. The normalized spacial score (nSPS) is 22.0. The molecular formula is C16H21. The largest absolute Gasteiger partial charge is 0.0622 e. The molecular weight excluding hydrogens is 192 g/mol. The summed E-state index contributed by atoms with van der Waals surface area (Å²) >= 11 is 0. The molecule has 2 aliphatic rings. The van der Waals surface area contributed by atoms with Gasteiger partial charge < -0.3 is 0 Å². The first-order chi connectivity index (χ1) is 7.92. The molecule has 1 unspecified atom stereocenters. The van der Waals surface area contributed by atoms with Gasteiger partial charge in [0.2, 0.25) is 0 Å². The summed E-state index contributed by atoms with van der Waals surface area (Å²) in [6.07, 6.45) is 11.4. The number of hydrogen-bond acceptors (Lipinski definition) is 0. The molecule has 1 radical (unpaired) electrons. The monoisotopic (exact) mass is 213 g/mol. The molecule has 2 aliphatic carbocycles. The van der Waals surface area contributed by atoms with E-state index >= 15 is 0 Å². The van der Waals surface area contributed by atoms with Gasteiger partial charge in [-0.2, -0.15) is 0 Å². The van der Waals surface area contributed by atoms with Crippen molar-refractivity contribution in [3.8, 4) is 0 Å². The topological polar surface area (TPSA) is 0 Å². The summed E-state index contributed by atoms with van der Waals surface area (Å²) in [6, 6.07) is 10.9. The molecule has 0 aromatic heterocycles. The summed E-state index contributed by atoms with van der Waals surface area (Å²) in [7, 11) is 0. The van der Waals surface area contributed by atoms with E-state index in [-0.39, 0.29) is 0 Å². The van der Waals surface area contributed by atoms with Crippen LogP contribution in [0.15, 0.2) is 30.3 Å². The fourth-order valence-electron chi connectivity index (χ4n) is 2.63. The molecule has 1 aromatic carbocycles. The predicted molar refractivity (Wildman–Crippen MR) is 68.0 cm³/mol. The predicted octanol–water partition coefficient (Wildman–Crippen LogP) is 4.46. The molecule has 0 nitrogen and oxygen atoms in total. The Morgan fingerprint density at radius 2 is 1.81 bits per heavy atom. The highest BCUT2D eigenvalue weighted by Crippen LogP contribution is 2.44. The maximum absolute atomic E-state index is 2.53. The highest BCUT2D eigenvalue weighted by molar-refractivity contribution is 5.24. The first-order valence-electron chi connectivity index (χ1n) is 6.82. The van der Waals surface area contributed by atoms with E-state index in [0.717, 1.165) is 17.8 Å². The molecule has 3 rings (SSSR count). The van der Waals surface area contributed by atoms with Crippen molar-refractivity contribution >= 4 is 0 Å². The second kappa shape index (κ2) is 4.61. The Morgan fingerprint density at radius 3 is 2.44 bits per heavy atom. The molecule has 1 aromatic rings. The van der Waals surface area contributed by atoms with Crippen LogP contribution in [0.5, 0.6) is 0 Å². The van der Waals surface area contributed by atoms with Crippen molar-refractivity contribution in [1.82, 2.24) is 0 Å². The van der Waals surface area contributed by atoms with Crippen LogP contribution in [-0.2, 0) is 0 Å². The summed E-state index contributed by atoms with van der Waals surface area (Å²) in [5.41, 5.74) is 1.43. The Balaban J connectivity index is 1.55. The van der Waals surface area contributed by atoms with Crippen LogP contribution in [0.3, 0.4) is 0 Å². The molecule has 0 heteroatoms. The highest BCUT2D eigenvalue weighted by atomic mass is 14.4. The molecule has 85 valence electrons. The Kier molecular flexibility index (Phi) is 2.99. The number of benzene rings is 1. The van der Waals surface area contributed by atoms with Crippen LogP contribution in [-0.4, -0.2) is 0 Å². The first-order valence-corrected chi connectivity index (χ1v) is 6.82. The average Bonchev–Trinajstić information content (AvgIpc) is 3.18. The highest BCUT2D eigenvalue weighted by Gasteiger charge is 2.32. The van der Waals surface area contributed by atoms with Gasteiger partial charge in [0.05, 0.1) is 0 Å². The van der Waals surface area contributed by atoms with Crippen LogP contribution >= 0.6 is 0 Å². The van der Waals surface area contributed by atoms with E-state index in [1.807, 2.05) is 0 Å². The SMILES string of the molecule is [CH](c1ccccc1)C(CCC1CC1)C1CC1. The van der Waals surface area contributed by atoms with Gasteiger partial charge >= 0.3 is 0 Å². The minimum absolute atomic E-state index is 0.864. The first kappa shape index (κ1) is 10.4. The van der Waals surface area contributed by atoms with Crippen LogP contribution in [0.2, 0.25) is 0 Å². The Bertz CT molecular complexity index is 319. The Hall–Kier alpha value is -0.780. The maximum atomic E-state index is 2.53. The molecule has 0 aliphatic heterocycles. The summed E-state index contributed by atoms with van der Waals surface area (Å²) in [5.74, 6) is 2.97. The summed E-state index contributed by atoms with van der Waals surface area (Å²) in [6.45, 7) is 0. The third-order valence-corrected chi connectivity index (χ3v) is 4.04. The Labute approximate surface area is 99.1 Å². The molecule has 1 atom stereocenters. The minimum atomic E-state index is 0.864. The van der Waals surface area contributed by atoms with Gasteiger partial charge in [0.1, 0.15) is 0 Å². The van der Waals surface area contributed by atoms with Crippen LogP contribution in [0.4, 0.5) is 0 Å². The van der Waals surface area contributed by atoms with Crippen molar-refractivity contribution in [1.29, 1.82) is 0 Å². The molecule has 0 amide bonds. The van der Waals surface area contributed by atoms with Gasteiger partial charge in [-0.1, -0.05) is 49.6 Å². The lowest BCUT2D eigenvalue weighted by atomic mass is 9.90. The lowest BCUT2D eigenvalue weighted by Gasteiger charge is -2.15. The van der Waals surface area contributed by atoms with Gasteiger partial charge in [-0.25, -0.2) is 0 Å². The van der Waals surface area contributed by atoms with E-state index in [9.17, 15) is 0 Å². The Morgan fingerprint density at radius 1 is 1.06 bits per heavy atom. The molecule has 0 bridgehead atoms. The van der Waals surface area contributed by atoms with E-state index in [2.05, 4.69) is 36.8 Å². The van der Waals surface area contributed by atoms with E-state index in [0.29, 0.717) is 0 Å². The van der Waals surface area contributed by atoms with Gasteiger partial charge in [0.25, 0.3) is 0 Å². The molecule has 0 heterocycles. The van der Waals surface area contributed by atoms with Gasteiger partial charge in [-0.3, -0.25) is 0 Å². The lowest BCUT2D eigenvalue weighted by molar-refractivity contribution is 0.462. The smallest absolute Gasteiger partial charge is 0.00593 e. The second-order valence-electron chi connectivity index (χ2n) is 5.60. The zero-order chi connectivity index (χ0) is 10.8. The summed E-state index contributed by atoms with van der Waals surface area (Å²) in [4.78, 5) is 0. The zero-order valence-electron chi connectivity index (χ0n) is 9.94. The zero-order valence-corrected chi connectivity index (χ0v) is 9.94. The third kappa shape index (κ3) is 2.87. The van der Waals surface area contributed by atoms with Gasteiger partial charge in [0.15, 0.2) is 0 Å². The van der Waals surface area contributed by atoms with Crippen molar-refractivity contribution in [2.45, 2.75) is 38.5 Å². The molecule has 0 spiro atoms. The van der Waals surface area contributed by atoms with E-state index in [4.69, 9.17) is 0 Å². The van der Waals surface area contributed by atoms with E-state index in [1.54, 1.807) is 0 Å². The van der Waals surface area contributed by atoms with Crippen molar-refractivity contribution in [2.24, 2.45) is 17.8 Å². The minimum Gasteiger partial charge on any atom is -0.0622 e. The van der Waals surface area contributed by atoms with Gasteiger partial charge in [0, 0.05) is 0 Å². The standard InChI is InChI=1S/C16H21/c1-2-4-14(5-3-1)12-16(15-10-11-15)9-8-13-6-7-13/h1-5,12-13,15-16H,6-11H2. The number of rotatable bonds is 6. The van der Waals surface area contributed by atoms with E-state index < -0.39 is 0 Å². The molecule has 16 heavy (non-hydrogen) atoms. The molecule has 2 fully saturated rings. The van der Waals surface area contributed by atoms with E-state index in [1.165, 1.54) is 44.1 Å². The number of hydrogen-bond donors (Lipinski definition) is 0. The van der Waals surface area contributed by atoms with Gasteiger partial charge in [-0.05, 0) is 49.0 Å².